The Morgan fingerprint density at radius 2 is 1.09 bits per heavy atom. The van der Waals surface area contributed by atoms with Gasteiger partial charge in [-0.3, -0.25) is 0 Å². The second-order valence-corrected chi connectivity index (χ2v) is 11.7. The molecule has 1 aliphatic rings. The number of fused-ring (bicyclic) bond motifs is 5. The minimum atomic E-state index is -0.0986. The van der Waals surface area contributed by atoms with Crippen LogP contribution in [0.15, 0.2) is 140 Å². The first kappa shape index (κ1) is 25.1. The Morgan fingerprint density at radius 3 is 1.67 bits per heavy atom. The molecule has 0 amide bonds. The molecule has 204 valence electrons. The first-order valence-corrected chi connectivity index (χ1v) is 14.7. The largest absolute Gasteiger partial charge is 0.310 e. The number of hydrogen-bond acceptors (Lipinski definition) is 2. The van der Waals surface area contributed by atoms with Crippen molar-refractivity contribution < 1.29 is 0 Å². The second-order valence-electron chi connectivity index (χ2n) is 11.7. The van der Waals surface area contributed by atoms with E-state index in [4.69, 9.17) is 0 Å². The van der Waals surface area contributed by atoms with Crippen molar-refractivity contribution in [2.45, 2.75) is 19.3 Å². The van der Waals surface area contributed by atoms with E-state index in [2.05, 4.69) is 157 Å². The van der Waals surface area contributed by atoms with Crippen molar-refractivity contribution in [1.29, 1.82) is 5.26 Å². The third-order valence-electron chi connectivity index (χ3n) is 9.03. The quantitative estimate of drug-likeness (QED) is 0.219. The van der Waals surface area contributed by atoms with Gasteiger partial charge < -0.3 is 9.47 Å². The van der Waals surface area contributed by atoms with E-state index in [0.29, 0.717) is 5.56 Å². The van der Waals surface area contributed by atoms with E-state index in [9.17, 15) is 5.26 Å². The molecule has 7 aromatic rings. The van der Waals surface area contributed by atoms with Gasteiger partial charge in [0.05, 0.1) is 33.7 Å². The van der Waals surface area contributed by atoms with Crippen molar-refractivity contribution in [1.82, 2.24) is 4.57 Å². The molecule has 1 aromatic heterocycles. The fourth-order valence-electron chi connectivity index (χ4n) is 7.01. The number of anilines is 3. The SMILES string of the molecule is CC1(C)c2ccccc2N(c2ccc(-c3cccc(C#N)c3-n3c4ccccc4c4ccccc43)cc2)c2ccccc21. The van der Waals surface area contributed by atoms with Crippen LogP contribution in [0.3, 0.4) is 0 Å². The summed E-state index contributed by atoms with van der Waals surface area (Å²) in [5.74, 6) is 0. The minimum Gasteiger partial charge on any atom is -0.310 e. The maximum Gasteiger partial charge on any atom is 0.101 e. The van der Waals surface area contributed by atoms with E-state index in [-0.39, 0.29) is 5.41 Å². The minimum absolute atomic E-state index is 0.0986. The number of aromatic nitrogens is 1. The van der Waals surface area contributed by atoms with Crippen molar-refractivity contribution in [2.24, 2.45) is 0 Å². The third kappa shape index (κ3) is 3.67. The van der Waals surface area contributed by atoms with Crippen LogP contribution in [-0.2, 0) is 5.41 Å². The van der Waals surface area contributed by atoms with E-state index < -0.39 is 0 Å². The van der Waals surface area contributed by atoms with Gasteiger partial charge in [-0.05, 0) is 59.2 Å². The molecule has 0 radical (unpaired) electrons. The fourth-order valence-corrected chi connectivity index (χ4v) is 7.01. The Labute approximate surface area is 251 Å². The second kappa shape index (κ2) is 9.48. The topological polar surface area (TPSA) is 32.0 Å². The smallest absolute Gasteiger partial charge is 0.101 e. The summed E-state index contributed by atoms with van der Waals surface area (Å²) in [5, 5.41) is 12.7. The summed E-state index contributed by atoms with van der Waals surface area (Å²) in [6.45, 7) is 4.62. The van der Waals surface area contributed by atoms with E-state index in [1.54, 1.807) is 0 Å². The van der Waals surface area contributed by atoms with Crippen molar-refractivity contribution in [3.63, 3.8) is 0 Å². The lowest BCUT2D eigenvalue weighted by Gasteiger charge is -2.42. The molecule has 43 heavy (non-hydrogen) atoms. The lowest BCUT2D eigenvalue weighted by Crippen LogP contribution is -2.30. The zero-order valence-electron chi connectivity index (χ0n) is 24.1. The first-order valence-electron chi connectivity index (χ1n) is 14.7. The number of nitriles is 1. The van der Waals surface area contributed by atoms with Gasteiger partial charge in [0.2, 0.25) is 0 Å². The van der Waals surface area contributed by atoms with Gasteiger partial charge in [-0.15, -0.1) is 0 Å². The standard InChI is InChI=1S/C40H29N3/c1-40(2)33-16-5-9-20-37(33)42(38-21-10-6-17-34(38)40)29-24-22-27(23-25-29)30-15-11-12-28(26-41)39(30)43-35-18-7-3-13-31(35)32-14-4-8-19-36(32)43/h3-25H,1-2H3. The van der Waals surface area contributed by atoms with Crippen LogP contribution in [0, 0.1) is 11.3 Å². The summed E-state index contributed by atoms with van der Waals surface area (Å²) in [6, 6.07) is 51.6. The molecule has 0 fully saturated rings. The highest BCUT2D eigenvalue weighted by Gasteiger charge is 2.36. The summed E-state index contributed by atoms with van der Waals surface area (Å²) in [4.78, 5) is 2.37. The predicted octanol–water partition coefficient (Wildman–Crippen LogP) is 10.4. The van der Waals surface area contributed by atoms with E-state index >= 15 is 0 Å². The summed E-state index contributed by atoms with van der Waals surface area (Å²) >= 11 is 0. The summed E-state index contributed by atoms with van der Waals surface area (Å²) in [6.07, 6.45) is 0. The Balaban J connectivity index is 1.32. The molecular formula is C40H29N3. The molecular weight excluding hydrogens is 522 g/mol. The molecule has 2 heterocycles. The van der Waals surface area contributed by atoms with Gasteiger partial charge in [0.15, 0.2) is 0 Å². The summed E-state index contributed by atoms with van der Waals surface area (Å²) in [5.41, 5.74) is 11.9. The molecule has 0 saturated heterocycles. The van der Waals surface area contributed by atoms with Gasteiger partial charge in [0.25, 0.3) is 0 Å². The fraction of sp³-hybridized carbons (Fsp3) is 0.0750. The molecule has 0 N–H and O–H groups in total. The number of para-hydroxylation sites is 5. The van der Waals surface area contributed by atoms with Crippen molar-refractivity contribution in [3.8, 4) is 22.9 Å². The van der Waals surface area contributed by atoms with Gasteiger partial charge >= 0.3 is 0 Å². The van der Waals surface area contributed by atoms with Gasteiger partial charge in [-0.25, -0.2) is 0 Å². The van der Waals surface area contributed by atoms with E-state index in [1.807, 2.05) is 12.1 Å². The van der Waals surface area contributed by atoms with Crippen LogP contribution in [0.2, 0.25) is 0 Å². The van der Waals surface area contributed by atoms with Crippen LogP contribution < -0.4 is 4.90 Å². The van der Waals surface area contributed by atoms with Crippen LogP contribution in [0.4, 0.5) is 17.1 Å². The molecule has 8 rings (SSSR count). The number of nitrogens with zero attached hydrogens (tertiary/aromatic N) is 3. The van der Waals surface area contributed by atoms with Crippen molar-refractivity contribution in [2.75, 3.05) is 4.90 Å². The molecule has 3 nitrogen and oxygen atoms in total. The molecule has 0 aliphatic carbocycles. The van der Waals surface area contributed by atoms with Gasteiger partial charge in [-0.2, -0.15) is 5.26 Å². The number of hydrogen-bond donors (Lipinski definition) is 0. The monoisotopic (exact) mass is 551 g/mol. The third-order valence-corrected chi connectivity index (χ3v) is 9.03. The van der Waals surface area contributed by atoms with E-state index in [0.717, 1.165) is 33.5 Å². The maximum atomic E-state index is 10.3. The maximum absolute atomic E-state index is 10.3. The highest BCUT2D eigenvalue weighted by molar-refractivity contribution is 6.10. The Hall–Kier alpha value is -5.59. The molecule has 0 atom stereocenters. The highest BCUT2D eigenvalue weighted by Crippen LogP contribution is 2.51. The van der Waals surface area contributed by atoms with Gasteiger partial charge in [-0.1, -0.05) is 111 Å². The average molecular weight is 552 g/mol. The lowest BCUT2D eigenvalue weighted by molar-refractivity contribution is 0.632. The van der Waals surface area contributed by atoms with Crippen LogP contribution in [0.5, 0.6) is 0 Å². The number of rotatable bonds is 3. The van der Waals surface area contributed by atoms with Crippen LogP contribution in [0.1, 0.15) is 30.5 Å². The van der Waals surface area contributed by atoms with Crippen molar-refractivity contribution in [3.05, 3.63) is 156 Å². The van der Waals surface area contributed by atoms with Crippen molar-refractivity contribution >= 4 is 38.9 Å². The zero-order chi connectivity index (χ0) is 29.1. The van der Waals surface area contributed by atoms with E-state index in [1.165, 1.54) is 33.3 Å². The molecule has 0 saturated carbocycles. The average Bonchev–Trinajstić information content (AvgIpc) is 3.39. The molecule has 1 aliphatic heterocycles. The lowest BCUT2D eigenvalue weighted by atomic mass is 9.73. The molecule has 0 spiro atoms. The molecule has 0 unspecified atom stereocenters. The zero-order valence-corrected chi connectivity index (χ0v) is 24.1. The van der Waals surface area contributed by atoms with Crippen LogP contribution in [-0.4, -0.2) is 4.57 Å². The number of benzene rings is 6. The first-order chi connectivity index (χ1) is 21.1. The predicted molar refractivity (Wildman–Crippen MR) is 178 cm³/mol. The van der Waals surface area contributed by atoms with Gasteiger partial charge in [0.1, 0.15) is 6.07 Å². The molecule has 6 aromatic carbocycles. The Morgan fingerprint density at radius 1 is 0.558 bits per heavy atom. The Bertz CT molecular complexity index is 2130. The Kier molecular flexibility index (Phi) is 5.54. The van der Waals surface area contributed by atoms with Crippen LogP contribution >= 0.6 is 0 Å². The van der Waals surface area contributed by atoms with Gasteiger partial charge in [0, 0.05) is 27.4 Å². The normalized spacial score (nSPS) is 13.5. The van der Waals surface area contributed by atoms with Crippen LogP contribution in [0.25, 0.3) is 38.6 Å². The molecule has 3 heteroatoms. The highest BCUT2D eigenvalue weighted by atomic mass is 15.2. The summed E-state index contributed by atoms with van der Waals surface area (Å²) in [7, 11) is 0. The summed E-state index contributed by atoms with van der Waals surface area (Å²) < 4.78 is 2.26. The molecule has 0 bridgehead atoms.